The van der Waals surface area contributed by atoms with Crippen LogP contribution in [0.5, 0.6) is 0 Å². The second kappa shape index (κ2) is 6.35. The van der Waals surface area contributed by atoms with E-state index in [1.54, 1.807) is 25.1 Å². The number of halogens is 2. The van der Waals surface area contributed by atoms with Gasteiger partial charge in [-0.2, -0.15) is 5.26 Å². The summed E-state index contributed by atoms with van der Waals surface area (Å²) in [5.74, 6) is -1.50. The summed E-state index contributed by atoms with van der Waals surface area (Å²) < 4.78 is 27.1. The molecule has 1 amide bonds. The Morgan fingerprint density at radius 3 is 2.64 bits per heavy atom. The molecule has 2 aromatic rings. The third-order valence-corrected chi connectivity index (χ3v) is 3.55. The zero-order valence-electron chi connectivity index (χ0n) is 12.2. The molecule has 22 heavy (non-hydrogen) atoms. The number of hydrogen-bond donors (Lipinski definition) is 0. The Bertz CT molecular complexity index is 753. The minimum Gasteiger partial charge on any atom is -0.335 e. The lowest BCUT2D eigenvalue weighted by atomic mass is 10.0. The van der Waals surface area contributed by atoms with Gasteiger partial charge in [0.25, 0.3) is 5.91 Å². The zero-order chi connectivity index (χ0) is 16.3. The van der Waals surface area contributed by atoms with Gasteiger partial charge in [0.05, 0.1) is 17.7 Å². The number of rotatable bonds is 3. The maximum atomic E-state index is 13.8. The van der Waals surface area contributed by atoms with Gasteiger partial charge in [-0.1, -0.05) is 6.07 Å². The first-order chi connectivity index (χ1) is 10.4. The minimum absolute atomic E-state index is 0.104. The fourth-order valence-electron chi connectivity index (χ4n) is 2.14. The van der Waals surface area contributed by atoms with Gasteiger partial charge in [0.2, 0.25) is 0 Å². The molecule has 2 rings (SSSR count). The van der Waals surface area contributed by atoms with Crippen molar-refractivity contribution < 1.29 is 13.6 Å². The summed E-state index contributed by atoms with van der Waals surface area (Å²) in [5, 5.41) is 8.87. The summed E-state index contributed by atoms with van der Waals surface area (Å²) in [5.41, 5.74) is 0.793. The molecule has 0 aliphatic heterocycles. The standard InChI is InChI=1S/C17H14F2N2O/c1-11(15-9-14(18)6-7-16(15)19)21(2)17(22)13-5-3-4-12(8-13)10-20/h3-9,11H,1-2H3. The summed E-state index contributed by atoms with van der Waals surface area (Å²) in [4.78, 5) is 13.7. The van der Waals surface area contributed by atoms with Crippen LogP contribution in [0.1, 0.15) is 34.5 Å². The van der Waals surface area contributed by atoms with Gasteiger partial charge < -0.3 is 4.90 Å². The van der Waals surface area contributed by atoms with Crippen LogP contribution in [0.3, 0.4) is 0 Å². The van der Waals surface area contributed by atoms with E-state index in [0.717, 1.165) is 18.2 Å². The molecule has 112 valence electrons. The molecule has 0 spiro atoms. The van der Waals surface area contributed by atoms with Crippen molar-refractivity contribution in [3.63, 3.8) is 0 Å². The molecular formula is C17H14F2N2O. The molecule has 0 aliphatic rings. The van der Waals surface area contributed by atoms with E-state index >= 15 is 0 Å². The molecule has 0 saturated heterocycles. The molecule has 0 saturated carbocycles. The Balaban J connectivity index is 2.30. The molecule has 0 fully saturated rings. The van der Waals surface area contributed by atoms with Gasteiger partial charge in [-0.25, -0.2) is 8.78 Å². The first-order valence-corrected chi connectivity index (χ1v) is 6.66. The Labute approximate surface area is 127 Å². The molecule has 0 bridgehead atoms. The van der Waals surface area contributed by atoms with Crippen LogP contribution in [-0.2, 0) is 0 Å². The van der Waals surface area contributed by atoms with E-state index in [4.69, 9.17) is 5.26 Å². The van der Waals surface area contributed by atoms with Crippen LogP contribution in [0.2, 0.25) is 0 Å². The van der Waals surface area contributed by atoms with E-state index in [1.165, 1.54) is 18.0 Å². The first-order valence-electron chi connectivity index (χ1n) is 6.66. The van der Waals surface area contributed by atoms with Crippen LogP contribution in [0, 0.1) is 23.0 Å². The minimum atomic E-state index is -0.644. The lowest BCUT2D eigenvalue weighted by Crippen LogP contribution is -2.30. The summed E-state index contributed by atoms with van der Waals surface area (Å²) >= 11 is 0. The van der Waals surface area contributed by atoms with Gasteiger partial charge >= 0.3 is 0 Å². The number of benzene rings is 2. The number of carbonyl (C=O) groups is 1. The van der Waals surface area contributed by atoms with Crippen molar-refractivity contribution in [2.45, 2.75) is 13.0 Å². The monoisotopic (exact) mass is 300 g/mol. The van der Waals surface area contributed by atoms with Gasteiger partial charge in [0.15, 0.2) is 0 Å². The maximum Gasteiger partial charge on any atom is 0.254 e. The van der Waals surface area contributed by atoms with Crippen molar-refractivity contribution in [2.24, 2.45) is 0 Å². The van der Waals surface area contributed by atoms with E-state index < -0.39 is 17.7 Å². The lowest BCUT2D eigenvalue weighted by Gasteiger charge is -2.26. The highest BCUT2D eigenvalue weighted by Crippen LogP contribution is 2.24. The fraction of sp³-hybridized carbons (Fsp3) is 0.176. The molecule has 0 radical (unpaired) electrons. The molecule has 0 aromatic heterocycles. The van der Waals surface area contributed by atoms with E-state index in [9.17, 15) is 13.6 Å². The smallest absolute Gasteiger partial charge is 0.254 e. The maximum absolute atomic E-state index is 13.8. The van der Waals surface area contributed by atoms with Gasteiger partial charge in [0, 0.05) is 18.2 Å². The van der Waals surface area contributed by atoms with E-state index in [1.807, 2.05) is 6.07 Å². The van der Waals surface area contributed by atoms with Gasteiger partial charge in [0.1, 0.15) is 11.6 Å². The molecule has 1 atom stereocenters. The zero-order valence-corrected chi connectivity index (χ0v) is 12.2. The van der Waals surface area contributed by atoms with E-state index in [-0.39, 0.29) is 11.5 Å². The van der Waals surface area contributed by atoms with Gasteiger partial charge in [-0.05, 0) is 43.3 Å². The Morgan fingerprint density at radius 1 is 1.23 bits per heavy atom. The van der Waals surface area contributed by atoms with Gasteiger partial charge in [-0.3, -0.25) is 4.79 Å². The van der Waals surface area contributed by atoms with Gasteiger partial charge in [-0.15, -0.1) is 0 Å². The average Bonchev–Trinajstić information content (AvgIpc) is 2.55. The van der Waals surface area contributed by atoms with Crippen molar-refractivity contribution in [3.05, 3.63) is 70.8 Å². The lowest BCUT2D eigenvalue weighted by molar-refractivity contribution is 0.0740. The van der Waals surface area contributed by atoms with Crippen molar-refractivity contribution in [1.82, 2.24) is 4.90 Å². The predicted octanol–water partition coefficient (Wildman–Crippen LogP) is 3.67. The average molecular weight is 300 g/mol. The summed E-state index contributed by atoms with van der Waals surface area (Å²) in [6.45, 7) is 1.61. The van der Waals surface area contributed by atoms with Crippen molar-refractivity contribution in [3.8, 4) is 6.07 Å². The first kappa shape index (κ1) is 15.6. The second-order valence-electron chi connectivity index (χ2n) is 4.95. The number of amides is 1. The van der Waals surface area contributed by atoms with Crippen molar-refractivity contribution in [1.29, 1.82) is 5.26 Å². The topological polar surface area (TPSA) is 44.1 Å². The molecule has 0 aliphatic carbocycles. The third kappa shape index (κ3) is 3.12. The Hall–Kier alpha value is -2.74. The Kier molecular flexibility index (Phi) is 4.52. The van der Waals surface area contributed by atoms with Crippen LogP contribution in [0.4, 0.5) is 8.78 Å². The number of nitriles is 1. The fourth-order valence-corrected chi connectivity index (χ4v) is 2.14. The quantitative estimate of drug-likeness (QED) is 0.868. The van der Waals surface area contributed by atoms with Crippen LogP contribution >= 0.6 is 0 Å². The number of nitrogens with zero attached hydrogens (tertiary/aromatic N) is 2. The largest absolute Gasteiger partial charge is 0.335 e. The molecule has 0 N–H and O–H groups in total. The Morgan fingerprint density at radius 2 is 1.95 bits per heavy atom. The molecule has 2 aromatic carbocycles. The van der Waals surface area contributed by atoms with Crippen molar-refractivity contribution in [2.75, 3.05) is 7.05 Å². The third-order valence-electron chi connectivity index (χ3n) is 3.55. The van der Waals surface area contributed by atoms with E-state index in [2.05, 4.69) is 0 Å². The van der Waals surface area contributed by atoms with Crippen LogP contribution < -0.4 is 0 Å². The summed E-state index contributed by atoms with van der Waals surface area (Å²) in [6, 6.07) is 10.7. The number of carbonyl (C=O) groups excluding carboxylic acids is 1. The SMILES string of the molecule is CC(c1cc(F)ccc1F)N(C)C(=O)c1cccc(C#N)c1. The number of hydrogen-bond acceptors (Lipinski definition) is 2. The van der Waals surface area contributed by atoms with Crippen LogP contribution in [0.15, 0.2) is 42.5 Å². The second-order valence-corrected chi connectivity index (χ2v) is 4.95. The summed E-state index contributed by atoms with van der Waals surface area (Å²) in [6.07, 6.45) is 0. The molecule has 1 unspecified atom stereocenters. The predicted molar refractivity (Wildman–Crippen MR) is 78.0 cm³/mol. The molecular weight excluding hydrogens is 286 g/mol. The highest BCUT2D eigenvalue weighted by Gasteiger charge is 2.22. The highest BCUT2D eigenvalue weighted by atomic mass is 19.1. The molecule has 5 heteroatoms. The summed E-state index contributed by atoms with van der Waals surface area (Å²) in [7, 11) is 1.51. The highest BCUT2D eigenvalue weighted by molar-refractivity contribution is 5.94. The van der Waals surface area contributed by atoms with E-state index in [0.29, 0.717) is 11.1 Å². The van der Waals surface area contributed by atoms with Crippen molar-refractivity contribution >= 4 is 5.91 Å². The van der Waals surface area contributed by atoms with Crippen LogP contribution in [-0.4, -0.2) is 17.9 Å². The molecule has 0 heterocycles. The molecule has 3 nitrogen and oxygen atoms in total. The van der Waals surface area contributed by atoms with Crippen LogP contribution in [0.25, 0.3) is 0 Å². The normalized spacial score (nSPS) is 11.6.